The Bertz CT molecular complexity index is 687. The first-order valence-electron chi connectivity index (χ1n) is 6.92. The quantitative estimate of drug-likeness (QED) is 0.899. The molecular weight excluding hydrogens is 316 g/mol. The number of hydrogen-bond donors (Lipinski definition) is 2. The lowest BCUT2D eigenvalue weighted by Gasteiger charge is -2.19. The lowest BCUT2D eigenvalue weighted by Crippen LogP contribution is -2.23. The number of urea groups is 1. The molecule has 0 bridgehead atoms. The molecular formula is C15H19ClN6O. The molecule has 2 rings (SSSR count). The number of nitrogens with zero attached hydrogens (tertiary/aromatic N) is 4. The number of carbonyl (C=O) groups is 1. The van der Waals surface area contributed by atoms with Crippen LogP contribution in [0, 0.1) is 0 Å². The van der Waals surface area contributed by atoms with Gasteiger partial charge in [-0.15, -0.1) is 0 Å². The topological polar surface area (TPSA) is 73.4 Å². The fraction of sp³-hybridized carbons (Fsp3) is 0.267. The lowest BCUT2D eigenvalue weighted by molar-refractivity contribution is 0.262. The van der Waals surface area contributed by atoms with Gasteiger partial charge in [0.2, 0.25) is 5.95 Å². The van der Waals surface area contributed by atoms with Gasteiger partial charge in [0.15, 0.2) is 5.82 Å². The second kappa shape index (κ2) is 7.15. The van der Waals surface area contributed by atoms with Crippen LogP contribution in [0.15, 0.2) is 30.5 Å². The third-order valence-electron chi connectivity index (χ3n) is 2.93. The van der Waals surface area contributed by atoms with Crippen LogP contribution in [0.25, 0.3) is 0 Å². The predicted octanol–water partition coefficient (Wildman–Crippen LogP) is 2.91. The Balaban J connectivity index is 2.15. The summed E-state index contributed by atoms with van der Waals surface area (Å²) in [6.07, 6.45) is 1.58. The summed E-state index contributed by atoms with van der Waals surface area (Å²) in [5.41, 5.74) is 1.16. The van der Waals surface area contributed by atoms with Crippen molar-refractivity contribution in [2.45, 2.75) is 0 Å². The van der Waals surface area contributed by atoms with Crippen molar-refractivity contribution in [3.05, 3.63) is 35.5 Å². The van der Waals surface area contributed by atoms with Crippen LogP contribution < -0.4 is 20.4 Å². The Morgan fingerprint density at radius 2 is 1.70 bits per heavy atom. The molecule has 8 heteroatoms. The second-order valence-electron chi connectivity index (χ2n) is 5.28. The zero-order valence-electron chi connectivity index (χ0n) is 13.5. The fourth-order valence-electron chi connectivity index (χ4n) is 1.83. The van der Waals surface area contributed by atoms with E-state index in [0.29, 0.717) is 28.2 Å². The minimum atomic E-state index is -0.378. The summed E-state index contributed by atoms with van der Waals surface area (Å²) in [4.78, 5) is 24.4. The van der Waals surface area contributed by atoms with Crippen molar-refractivity contribution >= 4 is 40.8 Å². The summed E-state index contributed by atoms with van der Waals surface area (Å²) >= 11 is 5.82. The molecule has 0 radical (unpaired) electrons. The van der Waals surface area contributed by atoms with Crippen molar-refractivity contribution in [3.8, 4) is 0 Å². The average Bonchev–Trinajstić information content (AvgIpc) is 2.49. The van der Waals surface area contributed by atoms with E-state index in [4.69, 9.17) is 11.6 Å². The summed E-state index contributed by atoms with van der Waals surface area (Å²) in [5.74, 6) is 1.19. The molecule has 2 aromatic rings. The highest BCUT2D eigenvalue weighted by atomic mass is 35.5. The van der Waals surface area contributed by atoms with Gasteiger partial charge in [-0.25, -0.2) is 9.78 Å². The Hall–Kier alpha value is -2.54. The van der Waals surface area contributed by atoms with E-state index in [0.717, 1.165) is 0 Å². The van der Waals surface area contributed by atoms with Gasteiger partial charge in [-0.1, -0.05) is 11.6 Å². The van der Waals surface area contributed by atoms with Gasteiger partial charge in [0.05, 0.1) is 6.20 Å². The smallest absolute Gasteiger partial charge is 0.323 e. The van der Waals surface area contributed by atoms with Crippen molar-refractivity contribution < 1.29 is 4.79 Å². The highest BCUT2D eigenvalue weighted by molar-refractivity contribution is 6.30. The first-order valence-corrected chi connectivity index (χ1v) is 7.30. The molecule has 122 valence electrons. The Morgan fingerprint density at radius 1 is 1.04 bits per heavy atom. The third kappa shape index (κ3) is 4.46. The normalized spacial score (nSPS) is 10.1. The molecule has 2 N–H and O–H groups in total. The molecule has 7 nitrogen and oxygen atoms in total. The van der Waals surface area contributed by atoms with Crippen LogP contribution in [-0.2, 0) is 0 Å². The van der Waals surface area contributed by atoms with Crippen molar-refractivity contribution in [2.24, 2.45) is 0 Å². The van der Waals surface area contributed by atoms with Gasteiger partial charge in [0.1, 0.15) is 5.69 Å². The van der Waals surface area contributed by atoms with E-state index < -0.39 is 0 Å². The molecule has 0 spiro atoms. The van der Waals surface area contributed by atoms with Gasteiger partial charge in [0, 0.05) is 38.9 Å². The summed E-state index contributed by atoms with van der Waals surface area (Å²) < 4.78 is 0. The zero-order valence-corrected chi connectivity index (χ0v) is 14.2. The predicted molar refractivity (Wildman–Crippen MR) is 94.8 cm³/mol. The van der Waals surface area contributed by atoms with Crippen LogP contribution >= 0.6 is 11.6 Å². The molecule has 0 saturated heterocycles. The number of anilines is 4. The number of nitrogens with one attached hydrogen (secondary N) is 2. The zero-order chi connectivity index (χ0) is 17.0. The number of rotatable bonds is 4. The van der Waals surface area contributed by atoms with Crippen LogP contribution in [0.2, 0.25) is 5.02 Å². The third-order valence-corrected chi connectivity index (χ3v) is 3.18. The fourth-order valence-corrected chi connectivity index (χ4v) is 1.95. The maximum absolute atomic E-state index is 12.1. The number of carbonyl (C=O) groups excluding carboxylic acids is 1. The first kappa shape index (κ1) is 16.8. The number of aromatic nitrogens is 2. The van der Waals surface area contributed by atoms with Crippen LogP contribution in [0.4, 0.5) is 27.9 Å². The molecule has 0 aliphatic carbocycles. The van der Waals surface area contributed by atoms with Crippen molar-refractivity contribution in [1.29, 1.82) is 0 Å². The Labute approximate surface area is 140 Å². The summed E-state index contributed by atoms with van der Waals surface area (Å²) in [6.45, 7) is 0. The maximum Gasteiger partial charge on any atom is 0.323 e. The van der Waals surface area contributed by atoms with Crippen LogP contribution in [0.1, 0.15) is 0 Å². The molecule has 0 unspecified atom stereocenters. The second-order valence-corrected chi connectivity index (χ2v) is 5.72. The van der Waals surface area contributed by atoms with Gasteiger partial charge >= 0.3 is 6.03 Å². The largest absolute Gasteiger partial charge is 0.361 e. The standard InChI is InChI=1S/C15H19ClN6O/c1-21(2)13-12(9-17-14(20-13)22(3)4)19-15(23)18-11-7-5-10(16)6-8-11/h5-9H,1-4H3,(H2,18,19,23). The van der Waals surface area contributed by atoms with E-state index in [1.54, 1.807) is 35.4 Å². The van der Waals surface area contributed by atoms with E-state index in [-0.39, 0.29) is 6.03 Å². The number of hydrogen-bond acceptors (Lipinski definition) is 5. The van der Waals surface area contributed by atoms with Crippen LogP contribution in [-0.4, -0.2) is 44.2 Å². The van der Waals surface area contributed by atoms with Crippen molar-refractivity contribution in [2.75, 3.05) is 48.6 Å². The van der Waals surface area contributed by atoms with Gasteiger partial charge in [0.25, 0.3) is 0 Å². The molecule has 23 heavy (non-hydrogen) atoms. The van der Waals surface area contributed by atoms with Gasteiger partial charge < -0.3 is 20.4 Å². The van der Waals surface area contributed by atoms with Gasteiger partial charge in [-0.2, -0.15) is 4.98 Å². The van der Waals surface area contributed by atoms with E-state index in [1.807, 2.05) is 33.1 Å². The molecule has 0 aliphatic rings. The molecule has 1 aromatic carbocycles. The molecule has 1 aromatic heterocycles. The monoisotopic (exact) mass is 334 g/mol. The number of benzene rings is 1. The Morgan fingerprint density at radius 3 is 2.26 bits per heavy atom. The average molecular weight is 335 g/mol. The lowest BCUT2D eigenvalue weighted by atomic mass is 10.3. The minimum Gasteiger partial charge on any atom is -0.361 e. The Kier molecular flexibility index (Phi) is 5.23. The number of amides is 2. The number of halogens is 1. The van der Waals surface area contributed by atoms with Crippen LogP contribution in [0.5, 0.6) is 0 Å². The first-order chi connectivity index (χ1) is 10.9. The van der Waals surface area contributed by atoms with E-state index in [9.17, 15) is 4.79 Å². The van der Waals surface area contributed by atoms with Crippen LogP contribution in [0.3, 0.4) is 0 Å². The minimum absolute atomic E-state index is 0.378. The maximum atomic E-state index is 12.1. The molecule has 0 saturated carbocycles. The summed E-state index contributed by atoms with van der Waals surface area (Å²) in [7, 11) is 7.42. The van der Waals surface area contributed by atoms with E-state index in [2.05, 4.69) is 20.6 Å². The van der Waals surface area contributed by atoms with E-state index in [1.165, 1.54) is 0 Å². The molecule has 1 heterocycles. The summed E-state index contributed by atoms with van der Waals surface area (Å²) in [6, 6.07) is 6.48. The highest BCUT2D eigenvalue weighted by Gasteiger charge is 2.13. The van der Waals surface area contributed by atoms with Crippen molar-refractivity contribution in [3.63, 3.8) is 0 Å². The van der Waals surface area contributed by atoms with Gasteiger partial charge in [-0.05, 0) is 24.3 Å². The molecule has 0 aliphatic heterocycles. The summed E-state index contributed by atoms with van der Waals surface area (Å²) in [5, 5.41) is 6.09. The SMILES string of the molecule is CN(C)c1ncc(NC(=O)Nc2ccc(Cl)cc2)c(N(C)C)n1. The van der Waals surface area contributed by atoms with Crippen molar-refractivity contribution in [1.82, 2.24) is 9.97 Å². The van der Waals surface area contributed by atoms with E-state index >= 15 is 0 Å². The molecule has 0 fully saturated rings. The van der Waals surface area contributed by atoms with Gasteiger partial charge in [-0.3, -0.25) is 0 Å². The highest BCUT2D eigenvalue weighted by Crippen LogP contribution is 2.23. The molecule has 0 atom stereocenters. The molecule has 2 amide bonds.